The number of carbonyl (C=O) groups excluding carboxylic acids is 1. The van der Waals surface area contributed by atoms with Crippen LogP contribution in [0.25, 0.3) is 17.0 Å². The van der Waals surface area contributed by atoms with Crippen LogP contribution in [0.2, 0.25) is 0 Å². The fourth-order valence-corrected chi connectivity index (χ4v) is 3.79. The van der Waals surface area contributed by atoms with E-state index in [0.717, 1.165) is 42.8 Å². The largest absolute Gasteiger partial charge is 0.390 e. The maximum absolute atomic E-state index is 12.4. The summed E-state index contributed by atoms with van der Waals surface area (Å²) in [4.78, 5) is 14.6. The predicted octanol–water partition coefficient (Wildman–Crippen LogP) is 3.23. The number of aliphatic hydroxyl groups excluding tert-OH is 1. The molecule has 5 nitrogen and oxygen atoms in total. The standard InChI is InChI=1S/C24H26N2O3/c27-21(17-25-12-14-29-15-13-25)18-26-16-20(22-8-4-5-9-23(22)26)10-11-24(28)19-6-2-1-3-7-19/h1-11,16,21,27H,12-15,17-18H2/b11-10+/t21-/m0/s1. The summed E-state index contributed by atoms with van der Waals surface area (Å²) in [6.45, 7) is 4.32. The van der Waals surface area contributed by atoms with E-state index in [1.54, 1.807) is 6.08 Å². The molecule has 2 heterocycles. The SMILES string of the molecule is O=C(/C=C/c1cn(C[C@@H](O)CN2CCOCC2)c2ccccc12)c1ccccc1. The number of hydrogen-bond donors (Lipinski definition) is 1. The van der Waals surface area contributed by atoms with Gasteiger partial charge in [-0.3, -0.25) is 9.69 Å². The molecule has 3 aromatic rings. The number of β-amino-alcohol motifs (C(OH)–C–C–N with tert-alkyl or cyclic N) is 1. The number of nitrogens with zero attached hydrogens (tertiary/aromatic N) is 2. The molecule has 0 amide bonds. The second-order valence-electron chi connectivity index (χ2n) is 7.38. The summed E-state index contributed by atoms with van der Waals surface area (Å²) < 4.78 is 7.45. The number of para-hydroxylation sites is 1. The lowest BCUT2D eigenvalue weighted by Crippen LogP contribution is -2.41. The van der Waals surface area contributed by atoms with E-state index in [9.17, 15) is 9.90 Å². The highest BCUT2D eigenvalue weighted by Gasteiger charge is 2.16. The van der Waals surface area contributed by atoms with Gasteiger partial charge in [-0.2, -0.15) is 0 Å². The first kappa shape index (κ1) is 19.6. The molecular formula is C24H26N2O3. The number of fused-ring (bicyclic) bond motifs is 1. The molecular weight excluding hydrogens is 364 g/mol. The maximum atomic E-state index is 12.4. The van der Waals surface area contributed by atoms with E-state index in [4.69, 9.17) is 4.74 Å². The molecule has 0 radical (unpaired) electrons. The Morgan fingerprint density at radius 1 is 1.03 bits per heavy atom. The van der Waals surface area contributed by atoms with E-state index in [-0.39, 0.29) is 5.78 Å². The molecule has 1 saturated heterocycles. The van der Waals surface area contributed by atoms with Gasteiger partial charge in [0, 0.05) is 54.4 Å². The summed E-state index contributed by atoms with van der Waals surface area (Å²) in [7, 11) is 0. The minimum Gasteiger partial charge on any atom is -0.390 e. The third-order valence-electron chi connectivity index (χ3n) is 5.27. The van der Waals surface area contributed by atoms with Crippen LogP contribution in [0, 0.1) is 0 Å². The van der Waals surface area contributed by atoms with Crippen molar-refractivity contribution in [2.45, 2.75) is 12.6 Å². The lowest BCUT2D eigenvalue weighted by molar-refractivity contribution is 0.0117. The van der Waals surface area contributed by atoms with Crippen molar-refractivity contribution >= 4 is 22.8 Å². The Labute approximate surface area is 170 Å². The Morgan fingerprint density at radius 2 is 1.76 bits per heavy atom. The van der Waals surface area contributed by atoms with Crippen LogP contribution in [0.15, 0.2) is 66.9 Å². The Bertz CT molecular complexity index is 988. The fourth-order valence-electron chi connectivity index (χ4n) is 3.79. The number of ketones is 1. The van der Waals surface area contributed by atoms with Crippen molar-refractivity contribution in [3.63, 3.8) is 0 Å². The molecule has 1 aliphatic rings. The molecule has 4 rings (SSSR count). The van der Waals surface area contributed by atoms with Crippen molar-refractivity contribution in [2.24, 2.45) is 0 Å². The van der Waals surface area contributed by atoms with Crippen LogP contribution in [-0.2, 0) is 11.3 Å². The van der Waals surface area contributed by atoms with E-state index < -0.39 is 6.10 Å². The Hall–Kier alpha value is -2.73. The van der Waals surface area contributed by atoms with E-state index in [1.807, 2.05) is 66.9 Å². The zero-order chi connectivity index (χ0) is 20.1. The highest BCUT2D eigenvalue weighted by atomic mass is 16.5. The number of ether oxygens (including phenoxy) is 1. The second-order valence-corrected chi connectivity index (χ2v) is 7.38. The Kier molecular flexibility index (Phi) is 6.20. The molecule has 5 heteroatoms. The van der Waals surface area contributed by atoms with Crippen LogP contribution in [0.5, 0.6) is 0 Å². The average Bonchev–Trinajstić information content (AvgIpc) is 3.11. The van der Waals surface area contributed by atoms with Crippen LogP contribution < -0.4 is 0 Å². The van der Waals surface area contributed by atoms with Gasteiger partial charge >= 0.3 is 0 Å². The highest BCUT2D eigenvalue weighted by Crippen LogP contribution is 2.23. The van der Waals surface area contributed by atoms with E-state index in [1.165, 1.54) is 0 Å². The van der Waals surface area contributed by atoms with Gasteiger partial charge in [0.05, 0.1) is 19.3 Å². The number of allylic oxidation sites excluding steroid dienone is 1. The molecule has 0 aliphatic carbocycles. The second kappa shape index (κ2) is 9.18. The fraction of sp³-hybridized carbons (Fsp3) is 0.292. The molecule has 2 aromatic carbocycles. The number of morpholine rings is 1. The van der Waals surface area contributed by atoms with Crippen molar-refractivity contribution < 1.29 is 14.6 Å². The molecule has 29 heavy (non-hydrogen) atoms. The van der Waals surface area contributed by atoms with Crippen LogP contribution in [0.1, 0.15) is 15.9 Å². The molecule has 150 valence electrons. The van der Waals surface area contributed by atoms with Gasteiger partial charge in [0.25, 0.3) is 0 Å². The lowest BCUT2D eigenvalue weighted by Gasteiger charge is -2.28. The molecule has 1 fully saturated rings. The monoisotopic (exact) mass is 390 g/mol. The van der Waals surface area contributed by atoms with E-state index in [0.29, 0.717) is 18.7 Å². The Balaban J connectivity index is 1.52. The molecule has 0 bridgehead atoms. The highest BCUT2D eigenvalue weighted by molar-refractivity contribution is 6.07. The van der Waals surface area contributed by atoms with Gasteiger partial charge in [0.15, 0.2) is 5.78 Å². The van der Waals surface area contributed by atoms with Gasteiger partial charge in [0.1, 0.15) is 0 Å². The summed E-state index contributed by atoms with van der Waals surface area (Å²) in [5.41, 5.74) is 2.71. The molecule has 0 unspecified atom stereocenters. The number of rotatable bonds is 7. The van der Waals surface area contributed by atoms with Crippen LogP contribution in [-0.4, -0.2) is 59.3 Å². The zero-order valence-electron chi connectivity index (χ0n) is 16.4. The van der Waals surface area contributed by atoms with Crippen molar-refractivity contribution in [3.8, 4) is 0 Å². The van der Waals surface area contributed by atoms with Crippen LogP contribution in [0.4, 0.5) is 0 Å². The third-order valence-corrected chi connectivity index (χ3v) is 5.27. The summed E-state index contributed by atoms with van der Waals surface area (Å²) in [6, 6.07) is 17.3. The van der Waals surface area contributed by atoms with E-state index in [2.05, 4.69) is 9.47 Å². The normalized spacial score (nSPS) is 16.4. The topological polar surface area (TPSA) is 54.7 Å². The zero-order valence-corrected chi connectivity index (χ0v) is 16.4. The molecule has 1 N–H and O–H groups in total. The minimum atomic E-state index is -0.466. The summed E-state index contributed by atoms with van der Waals surface area (Å²) >= 11 is 0. The van der Waals surface area contributed by atoms with Crippen molar-refractivity contribution in [1.29, 1.82) is 0 Å². The first-order valence-corrected chi connectivity index (χ1v) is 10.0. The van der Waals surface area contributed by atoms with Gasteiger partial charge in [-0.25, -0.2) is 0 Å². The van der Waals surface area contributed by atoms with Crippen molar-refractivity contribution in [3.05, 3.63) is 78.0 Å². The predicted molar refractivity (Wildman–Crippen MR) is 115 cm³/mol. The van der Waals surface area contributed by atoms with Gasteiger partial charge in [0.2, 0.25) is 0 Å². The molecule has 0 saturated carbocycles. The average molecular weight is 390 g/mol. The minimum absolute atomic E-state index is 0.0187. The first-order valence-electron chi connectivity index (χ1n) is 10.0. The van der Waals surface area contributed by atoms with Crippen molar-refractivity contribution in [1.82, 2.24) is 9.47 Å². The van der Waals surface area contributed by atoms with Gasteiger partial charge < -0.3 is 14.4 Å². The van der Waals surface area contributed by atoms with E-state index >= 15 is 0 Å². The quantitative estimate of drug-likeness (QED) is 0.497. The smallest absolute Gasteiger partial charge is 0.185 e. The van der Waals surface area contributed by atoms with Crippen molar-refractivity contribution in [2.75, 3.05) is 32.8 Å². The summed E-state index contributed by atoms with van der Waals surface area (Å²) in [5, 5.41) is 11.7. The number of benzene rings is 2. The lowest BCUT2D eigenvalue weighted by atomic mass is 10.1. The third kappa shape index (κ3) is 4.82. The number of aromatic nitrogens is 1. The molecule has 0 spiro atoms. The first-order chi connectivity index (χ1) is 14.2. The van der Waals surface area contributed by atoms with Crippen LogP contribution >= 0.6 is 0 Å². The summed E-state index contributed by atoms with van der Waals surface area (Å²) in [5.74, 6) is -0.0187. The van der Waals surface area contributed by atoms with Gasteiger partial charge in [-0.05, 0) is 18.2 Å². The molecule has 1 aromatic heterocycles. The Morgan fingerprint density at radius 3 is 2.55 bits per heavy atom. The molecule has 1 aliphatic heterocycles. The molecule has 1 atom stereocenters. The van der Waals surface area contributed by atoms with Gasteiger partial charge in [-0.15, -0.1) is 0 Å². The number of aliphatic hydroxyl groups is 1. The number of carbonyl (C=O) groups is 1. The van der Waals surface area contributed by atoms with Gasteiger partial charge in [-0.1, -0.05) is 48.5 Å². The number of hydrogen-bond acceptors (Lipinski definition) is 4. The van der Waals surface area contributed by atoms with Crippen LogP contribution in [0.3, 0.4) is 0 Å². The maximum Gasteiger partial charge on any atom is 0.185 e. The summed E-state index contributed by atoms with van der Waals surface area (Å²) in [6.07, 6.45) is 5.03.